The van der Waals surface area contributed by atoms with E-state index in [4.69, 9.17) is 14.9 Å². The Kier molecular flexibility index (Phi) is 3.82. The standard InChI is InChI=1S/C22H21N5O3/c23-22-26-17-7-12(1-3-19(17)30-22)18-8-24-20-4-2-13(9-27(18)20)21(28)25-16-6-14-5-15(14)10-29-11-16/h1-4,7-9,14-16H,5-6,10-11H2,(H2,23,26)(H,25,28). The molecule has 6 rings (SSSR count). The van der Waals surface area contributed by atoms with Gasteiger partial charge in [0.25, 0.3) is 11.9 Å². The Morgan fingerprint density at radius 3 is 3.03 bits per heavy atom. The number of nitrogens with zero attached hydrogens (tertiary/aromatic N) is 3. The van der Waals surface area contributed by atoms with E-state index in [9.17, 15) is 4.79 Å². The molecule has 30 heavy (non-hydrogen) atoms. The van der Waals surface area contributed by atoms with E-state index in [0.29, 0.717) is 35.1 Å². The van der Waals surface area contributed by atoms with Gasteiger partial charge in [0.15, 0.2) is 5.58 Å². The highest BCUT2D eigenvalue weighted by Crippen LogP contribution is 2.43. The molecule has 3 N–H and O–H groups in total. The van der Waals surface area contributed by atoms with Crippen LogP contribution in [0.25, 0.3) is 28.0 Å². The molecule has 1 aliphatic heterocycles. The Bertz CT molecular complexity index is 1280. The summed E-state index contributed by atoms with van der Waals surface area (Å²) in [5, 5.41) is 3.14. The number of fused-ring (bicyclic) bond motifs is 3. The molecule has 8 nitrogen and oxygen atoms in total. The molecule has 8 heteroatoms. The molecule has 0 bridgehead atoms. The summed E-state index contributed by atoms with van der Waals surface area (Å²) in [5.41, 5.74) is 10.1. The van der Waals surface area contributed by atoms with Crippen LogP contribution >= 0.6 is 0 Å². The van der Waals surface area contributed by atoms with Crippen LogP contribution in [0, 0.1) is 11.8 Å². The monoisotopic (exact) mass is 403 g/mol. The lowest BCUT2D eigenvalue weighted by Crippen LogP contribution is -2.38. The Hall–Kier alpha value is -3.39. The van der Waals surface area contributed by atoms with Crippen molar-refractivity contribution in [3.05, 3.63) is 48.3 Å². The number of imidazole rings is 1. The first-order valence-electron chi connectivity index (χ1n) is 10.2. The maximum Gasteiger partial charge on any atom is 0.292 e. The van der Waals surface area contributed by atoms with Gasteiger partial charge in [0.2, 0.25) is 0 Å². The van der Waals surface area contributed by atoms with Gasteiger partial charge in [0.05, 0.1) is 30.1 Å². The maximum atomic E-state index is 12.9. The van der Waals surface area contributed by atoms with Gasteiger partial charge in [-0.1, -0.05) is 0 Å². The molecule has 3 atom stereocenters. The lowest BCUT2D eigenvalue weighted by atomic mass is 10.1. The number of carbonyl (C=O) groups excluding carboxylic acids is 1. The summed E-state index contributed by atoms with van der Waals surface area (Å²) in [6.07, 6.45) is 5.83. The largest absolute Gasteiger partial charge is 0.424 e. The van der Waals surface area contributed by atoms with Crippen molar-refractivity contribution in [2.45, 2.75) is 18.9 Å². The molecular formula is C22H21N5O3. The number of benzene rings is 1. The van der Waals surface area contributed by atoms with Crippen LogP contribution in [0.2, 0.25) is 0 Å². The van der Waals surface area contributed by atoms with Crippen LogP contribution in [0.1, 0.15) is 23.2 Å². The lowest BCUT2D eigenvalue weighted by molar-refractivity contribution is 0.0848. The summed E-state index contributed by atoms with van der Waals surface area (Å²) in [5.74, 6) is 1.29. The van der Waals surface area contributed by atoms with E-state index in [1.165, 1.54) is 6.42 Å². The van der Waals surface area contributed by atoms with Crippen LogP contribution < -0.4 is 11.1 Å². The van der Waals surface area contributed by atoms with Crippen molar-refractivity contribution in [3.63, 3.8) is 0 Å². The van der Waals surface area contributed by atoms with Gasteiger partial charge in [0.1, 0.15) is 11.2 Å². The maximum absolute atomic E-state index is 12.9. The third kappa shape index (κ3) is 3.00. The Morgan fingerprint density at radius 2 is 2.10 bits per heavy atom. The Morgan fingerprint density at radius 1 is 1.17 bits per heavy atom. The fourth-order valence-corrected chi connectivity index (χ4v) is 4.40. The zero-order valence-corrected chi connectivity index (χ0v) is 16.2. The SMILES string of the molecule is Nc1nc2cc(-c3cnc4ccc(C(=O)NC5COCC6CC6C5)cn34)ccc2o1. The average molecular weight is 403 g/mol. The van der Waals surface area contributed by atoms with Gasteiger partial charge in [-0.2, -0.15) is 4.98 Å². The van der Waals surface area contributed by atoms with Crippen molar-refractivity contribution in [1.82, 2.24) is 19.7 Å². The Labute approximate surface area is 172 Å². The number of pyridine rings is 1. The number of nitrogens with one attached hydrogen (secondary N) is 1. The van der Waals surface area contributed by atoms with Crippen LogP contribution in [0.4, 0.5) is 6.01 Å². The molecule has 3 aromatic heterocycles. The van der Waals surface area contributed by atoms with E-state index < -0.39 is 0 Å². The summed E-state index contributed by atoms with van der Waals surface area (Å²) in [6.45, 7) is 1.40. The Balaban J connectivity index is 1.31. The summed E-state index contributed by atoms with van der Waals surface area (Å²) in [7, 11) is 0. The topological polar surface area (TPSA) is 108 Å². The molecule has 152 valence electrons. The van der Waals surface area contributed by atoms with Crippen LogP contribution in [-0.4, -0.2) is 39.5 Å². The van der Waals surface area contributed by atoms with Crippen molar-refractivity contribution in [3.8, 4) is 11.3 Å². The van der Waals surface area contributed by atoms with Gasteiger partial charge in [-0.3, -0.25) is 9.20 Å². The summed E-state index contributed by atoms with van der Waals surface area (Å²) in [6, 6.07) is 9.53. The number of carbonyl (C=O) groups is 1. The van der Waals surface area contributed by atoms with Crippen molar-refractivity contribution < 1.29 is 13.9 Å². The van der Waals surface area contributed by atoms with Gasteiger partial charge in [0, 0.05) is 18.4 Å². The van der Waals surface area contributed by atoms with Crippen LogP contribution in [0.5, 0.6) is 0 Å². The number of nitrogens with two attached hydrogens (primary N) is 1. The first kappa shape index (κ1) is 17.5. The number of anilines is 1. The van der Waals surface area contributed by atoms with Crippen molar-refractivity contribution in [2.24, 2.45) is 11.8 Å². The first-order valence-corrected chi connectivity index (χ1v) is 10.2. The third-order valence-corrected chi connectivity index (χ3v) is 6.11. The number of amides is 1. The van der Waals surface area contributed by atoms with E-state index in [2.05, 4.69) is 15.3 Å². The van der Waals surface area contributed by atoms with Gasteiger partial charge >= 0.3 is 0 Å². The van der Waals surface area contributed by atoms with Crippen molar-refractivity contribution in [2.75, 3.05) is 18.9 Å². The highest BCUT2D eigenvalue weighted by atomic mass is 16.5. The van der Waals surface area contributed by atoms with E-state index in [-0.39, 0.29) is 18.0 Å². The van der Waals surface area contributed by atoms with E-state index in [1.807, 2.05) is 34.9 Å². The van der Waals surface area contributed by atoms with Crippen LogP contribution in [-0.2, 0) is 4.74 Å². The number of aromatic nitrogens is 3. The highest BCUT2D eigenvalue weighted by molar-refractivity contribution is 5.94. The van der Waals surface area contributed by atoms with Gasteiger partial charge in [-0.15, -0.1) is 0 Å². The predicted molar refractivity (Wildman–Crippen MR) is 111 cm³/mol. The number of nitrogen functional groups attached to an aromatic ring is 1. The smallest absolute Gasteiger partial charge is 0.292 e. The third-order valence-electron chi connectivity index (χ3n) is 6.11. The van der Waals surface area contributed by atoms with E-state index in [1.54, 1.807) is 12.3 Å². The number of hydrogen-bond acceptors (Lipinski definition) is 6. The minimum atomic E-state index is -0.0935. The van der Waals surface area contributed by atoms with Gasteiger partial charge in [-0.05, 0) is 55.0 Å². The van der Waals surface area contributed by atoms with Crippen LogP contribution in [0.3, 0.4) is 0 Å². The zero-order valence-electron chi connectivity index (χ0n) is 16.2. The van der Waals surface area contributed by atoms with Crippen molar-refractivity contribution >= 4 is 28.7 Å². The molecule has 4 heterocycles. The number of oxazole rings is 1. The van der Waals surface area contributed by atoms with Crippen molar-refractivity contribution in [1.29, 1.82) is 0 Å². The quantitative estimate of drug-likeness (QED) is 0.545. The van der Waals surface area contributed by atoms with E-state index >= 15 is 0 Å². The number of ether oxygens (including phenoxy) is 1. The molecular weight excluding hydrogens is 382 g/mol. The summed E-state index contributed by atoms with van der Waals surface area (Å²) in [4.78, 5) is 21.6. The minimum Gasteiger partial charge on any atom is -0.424 e. The van der Waals surface area contributed by atoms with E-state index in [0.717, 1.165) is 29.9 Å². The second-order valence-corrected chi connectivity index (χ2v) is 8.22. The molecule has 1 saturated carbocycles. The first-order chi connectivity index (χ1) is 14.6. The highest BCUT2D eigenvalue weighted by Gasteiger charge is 2.41. The van der Waals surface area contributed by atoms with Gasteiger partial charge in [-0.25, -0.2) is 4.98 Å². The summed E-state index contributed by atoms with van der Waals surface area (Å²) < 4.78 is 13.0. The second-order valence-electron chi connectivity index (χ2n) is 8.22. The number of rotatable bonds is 3. The molecule has 4 aromatic rings. The molecule has 1 aliphatic carbocycles. The fraction of sp³-hybridized carbons (Fsp3) is 0.318. The molecule has 0 spiro atoms. The molecule has 2 fully saturated rings. The number of hydrogen-bond donors (Lipinski definition) is 2. The average Bonchev–Trinajstić information content (AvgIpc) is 3.20. The molecule has 3 unspecified atom stereocenters. The molecule has 1 saturated heterocycles. The van der Waals surface area contributed by atoms with Crippen LogP contribution in [0.15, 0.2) is 47.1 Å². The predicted octanol–water partition coefficient (Wildman–Crippen LogP) is 2.88. The zero-order chi connectivity index (χ0) is 20.2. The fourth-order valence-electron chi connectivity index (χ4n) is 4.40. The second kappa shape index (κ2) is 6.56. The molecule has 0 radical (unpaired) electrons. The lowest BCUT2D eigenvalue weighted by Gasteiger charge is -2.17. The molecule has 2 aliphatic rings. The summed E-state index contributed by atoms with van der Waals surface area (Å²) >= 11 is 0. The van der Waals surface area contributed by atoms with Gasteiger partial charge < -0.3 is 20.2 Å². The normalized spacial score (nSPS) is 23.3. The minimum absolute atomic E-state index is 0.0629. The molecule has 1 amide bonds. The molecule has 1 aromatic carbocycles.